The zero-order valence-electron chi connectivity index (χ0n) is 72.4. The van der Waals surface area contributed by atoms with Crippen LogP contribution in [-0.4, -0.2) is 119 Å². The van der Waals surface area contributed by atoms with Crippen molar-refractivity contribution in [3.63, 3.8) is 0 Å². The maximum absolute atomic E-state index is 14.6. The van der Waals surface area contributed by atoms with Gasteiger partial charge in [0.25, 0.3) is 39.9 Å². The summed E-state index contributed by atoms with van der Waals surface area (Å²) < 4.78 is 42.4. The molecule has 0 radical (unpaired) electrons. The lowest BCUT2D eigenvalue weighted by Crippen LogP contribution is -2.29. The van der Waals surface area contributed by atoms with Crippen LogP contribution in [0.2, 0.25) is 15.1 Å². The van der Waals surface area contributed by atoms with Gasteiger partial charge < -0.3 is 62.2 Å². The van der Waals surface area contributed by atoms with Crippen LogP contribution in [0, 0.1) is 32.5 Å². The van der Waals surface area contributed by atoms with Crippen molar-refractivity contribution in [1.82, 2.24) is 119 Å². The van der Waals surface area contributed by atoms with E-state index in [1.54, 1.807) is 122 Å². The zero-order chi connectivity index (χ0) is 93.3. The second-order valence-corrected chi connectivity index (χ2v) is 32.4. The number of nitrogens with zero attached hydrogens (tertiary/aromatic N) is 24. The molecule has 674 valence electrons. The summed E-state index contributed by atoms with van der Waals surface area (Å²) in [6, 6.07) is 36.7. The van der Waals surface area contributed by atoms with E-state index in [0.717, 1.165) is 19.3 Å². The zero-order valence-corrected chi connectivity index (χ0v) is 74.7. The number of hydrogen-bond donors (Lipinski definition) is 8. The fraction of sp³-hybridized carbons (Fsp3) is 0.236. The van der Waals surface area contributed by atoms with Crippen LogP contribution in [-0.2, 0) is 6.42 Å². The largest absolute Gasteiger partial charge is 0.421 e. The number of para-hydroxylation sites is 2. The summed E-state index contributed by atoms with van der Waals surface area (Å²) in [5.74, 6) is 6.64. The fourth-order valence-electron chi connectivity index (χ4n) is 15.2. The number of nitrogens with two attached hydrogens (primary N) is 4. The molecule has 6 atom stereocenters. The van der Waals surface area contributed by atoms with E-state index in [-0.39, 0.29) is 92.7 Å². The number of halogens is 4. The minimum atomic E-state index is -0.635. The predicted molar refractivity (Wildman–Crippen MR) is 498 cm³/mol. The number of rotatable bonds is 22. The molecule has 2 saturated carbocycles. The minimum Gasteiger partial charge on any atom is -0.421 e. The fourth-order valence-corrected chi connectivity index (χ4v) is 16.0. The minimum absolute atomic E-state index is 0.0741. The molecule has 0 aliphatic heterocycles. The van der Waals surface area contributed by atoms with Gasteiger partial charge in [0.2, 0.25) is 17.6 Å². The highest BCUT2D eigenvalue weighted by atomic mass is 35.5. The van der Waals surface area contributed by atoms with Gasteiger partial charge in [-0.25, -0.2) is 64.2 Å². The lowest BCUT2D eigenvalue weighted by molar-refractivity contribution is 0.383. The van der Waals surface area contributed by atoms with Crippen LogP contribution in [0.25, 0.3) is 101 Å². The van der Waals surface area contributed by atoms with Crippen molar-refractivity contribution >= 4 is 125 Å². The Morgan fingerprint density at radius 3 is 1.28 bits per heavy atom. The van der Waals surface area contributed by atoms with Crippen molar-refractivity contribution in [2.45, 2.75) is 131 Å². The third-order valence-corrected chi connectivity index (χ3v) is 22.8. The molecule has 40 nitrogen and oxygen atoms in total. The lowest BCUT2D eigenvalue weighted by atomic mass is 10.1. The van der Waals surface area contributed by atoms with Crippen molar-refractivity contribution in [3.05, 3.63) is 268 Å². The summed E-state index contributed by atoms with van der Waals surface area (Å²) in [5, 5.41) is 35.0. The lowest BCUT2D eigenvalue weighted by Gasteiger charge is -2.23. The first-order valence-electron chi connectivity index (χ1n) is 41.9. The monoisotopic (exact) mass is 1850 g/mol. The highest BCUT2D eigenvalue weighted by Gasteiger charge is 2.40. The number of hydrogen-bond acceptors (Lipinski definition) is 36. The summed E-state index contributed by atoms with van der Waals surface area (Å²) in [4.78, 5) is 119. The molecule has 12 aromatic heterocycles. The summed E-state index contributed by atoms with van der Waals surface area (Å²) in [7, 11) is 0. The van der Waals surface area contributed by atoms with Crippen molar-refractivity contribution in [2.24, 2.45) is 5.92 Å². The smallest absolute Gasteiger partial charge is 0.269 e. The second-order valence-electron chi connectivity index (χ2n) is 31.1. The van der Waals surface area contributed by atoms with Crippen LogP contribution >= 0.6 is 34.8 Å². The van der Waals surface area contributed by atoms with Crippen LogP contribution in [0.1, 0.15) is 150 Å². The number of anilines is 8. The molecule has 0 saturated heterocycles. The van der Waals surface area contributed by atoms with Crippen molar-refractivity contribution < 1.29 is 22.4 Å². The van der Waals surface area contributed by atoms with E-state index >= 15 is 0 Å². The van der Waals surface area contributed by atoms with E-state index in [1.165, 1.54) is 46.6 Å². The molecule has 0 spiro atoms. The molecule has 12 N–H and O–H groups in total. The van der Waals surface area contributed by atoms with Gasteiger partial charge in [0.1, 0.15) is 129 Å². The van der Waals surface area contributed by atoms with Crippen LogP contribution in [0.5, 0.6) is 0 Å². The molecule has 133 heavy (non-hydrogen) atoms. The number of benzene rings is 6. The Labute approximate surface area is 767 Å². The molecule has 12 heterocycles. The first-order valence-corrected chi connectivity index (χ1v) is 43.0. The molecule has 6 aromatic carbocycles. The summed E-state index contributed by atoms with van der Waals surface area (Å²) in [5.41, 5.74) is 28.0. The molecule has 0 unspecified atom stereocenters. The molecule has 0 amide bonds. The van der Waals surface area contributed by atoms with Gasteiger partial charge in [0.15, 0.2) is 11.6 Å². The predicted octanol–water partition coefficient (Wildman–Crippen LogP) is 14.8. The molecule has 20 rings (SSSR count). The number of fused-ring (bicyclic) bond motifs is 4. The quantitative estimate of drug-likeness (QED) is 0.0312. The average Bonchev–Trinajstić information content (AvgIpc) is 1.23. The third kappa shape index (κ3) is 18.0. The molecule has 2 aliphatic rings. The number of aryl methyl sites for hydroxylation is 4. The van der Waals surface area contributed by atoms with Gasteiger partial charge in [0.05, 0.1) is 88.8 Å². The van der Waals surface area contributed by atoms with Crippen molar-refractivity contribution in [2.75, 3.05) is 44.2 Å². The van der Waals surface area contributed by atoms with E-state index in [0.29, 0.717) is 176 Å². The molecule has 44 heteroatoms. The van der Waals surface area contributed by atoms with E-state index in [2.05, 4.69) is 114 Å². The number of aromatic nitrogens is 24. The van der Waals surface area contributed by atoms with E-state index in [4.69, 9.17) is 90.7 Å². The third-order valence-electron chi connectivity index (χ3n) is 21.9. The Balaban J connectivity index is 0.000000124. The van der Waals surface area contributed by atoms with Gasteiger partial charge in [-0.2, -0.15) is 15.0 Å². The van der Waals surface area contributed by atoms with E-state index in [1.807, 2.05) is 64.1 Å². The van der Waals surface area contributed by atoms with Crippen LogP contribution in [0.3, 0.4) is 0 Å². The van der Waals surface area contributed by atoms with Gasteiger partial charge in [-0.15, -0.1) is 10.2 Å². The summed E-state index contributed by atoms with van der Waals surface area (Å²) in [6.07, 6.45) is 9.32. The maximum atomic E-state index is 14.6. The normalized spacial score (nSPS) is 14.3. The van der Waals surface area contributed by atoms with Crippen LogP contribution in [0.4, 0.5) is 50.9 Å². The second kappa shape index (κ2) is 37.6. The topological polar surface area (TPSA) is 551 Å². The van der Waals surface area contributed by atoms with Crippen LogP contribution in [0.15, 0.2) is 196 Å². The van der Waals surface area contributed by atoms with Gasteiger partial charge >= 0.3 is 0 Å². The van der Waals surface area contributed by atoms with Gasteiger partial charge in [-0.1, -0.05) is 132 Å². The first-order chi connectivity index (χ1) is 64.2. The Morgan fingerprint density at radius 1 is 0.444 bits per heavy atom. The first kappa shape index (κ1) is 89.0. The molecule has 18 aromatic rings. The maximum Gasteiger partial charge on any atom is 0.269 e. The van der Waals surface area contributed by atoms with E-state index < -0.39 is 23.5 Å². The Kier molecular flexibility index (Phi) is 25.1. The standard InChI is InChI=1S/C23H19ClN8O2.C23H19FN8O2.C22H23ClN8O2.C21H21ClN8O2/c1-12(28-20-18(19(25)26-11-27-20)22-31-30-13(2)34-22)21-29-16-10-6-9-15(24)17(16)23(33)32(21)14-7-4-3-5-8-14;1-12(28-20-18(19(25)26-11-27-20)22-29-13(2)31-34-22)21-30-16-10-6-9-15(24)17(16)23(33)32(21)14-7-4-3-5-8-14;1-4-13(28-19-17(18(24)25-9-26-19)21-27-11(3)30-33-21)20-29-14-7-5-6-12(23)16(14)22(32)31(20)15-8-10(15)2;1-3-14-28-19(29-32-14)16-17(23)24-9-25-18(16)26-10(2)20-27-13-6-4-5-12(22)15(13)21(31)30(20)11-7-8-11/h2*3-12H,1-2H3,(H3,25,26,27,28);5-7,9-10,13,15H,4,8H2,1-3H3,(H3,24,25,26,28);4-6,9-11H,3,7-8H2,1-2H3,(H3,23,24,25,26)/t2*12-;10-,13-,15+;10-/m0000/s1. The van der Waals surface area contributed by atoms with Gasteiger partial charge in [-0.3, -0.25) is 37.4 Å². The van der Waals surface area contributed by atoms with E-state index in [9.17, 15) is 23.6 Å². The number of nitrogens with one attached hydrogen (secondary N) is 4. The van der Waals surface area contributed by atoms with Gasteiger partial charge in [-0.05, 0) is 139 Å². The van der Waals surface area contributed by atoms with Crippen LogP contribution < -0.4 is 66.4 Å². The summed E-state index contributed by atoms with van der Waals surface area (Å²) >= 11 is 19.1. The average molecular weight is 1850 g/mol. The van der Waals surface area contributed by atoms with Crippen molar-refractivity contribution in [3.8, 4) is 57.1 Å². The van der Waals surface area contributed by atoms with Crippen molar-refractivity contribution in [1.29, 1.82) is 0 Å². The number of nitrogen functional groups attached to an aromatic ring is 4. The molecular formula is C89H82Cl3FN32O8. The highest BCUT2D eigenvalue weighted by Crippen LogP contribution is 2.45. The molecule has 2 fully saturated rings. The molecule has 2 aliphatic carbocycles. The molecule has 0 bridgehead atoms. The highest BCUT2D eigenvalue weighted by molar-refractivity contribution is 6.36. The SMILES string of the molecule is CC[C@H](Nc1ncnc(N)c1-c1nc(C)no1)c1nc2cccc(Cl)c2c(=O)n1[C@@H]1C[C@@H]1C.CCc1nc(-c2c(N)ncnc2N[C@@H](C)c2nc3cccc(Cl)c3c(=O)n2C2CC2)no1.Cc1nnc(-c2c(N)ncnc2N[C@@H](C)c2nc3cccc(Cl)c3c(=O)n2-c2ccccc2)o1.Cc1noc(-c2c(N)ncnc2N[C@@H](C)c2nc3cccc(F)c3c(=O)n2-c2ccccc2)n1. The van der Waals surface area contributed by atoms with Gasteiger partial charge in [0, 0.05) is 25.4 Å². The molecular weight excluding hydrogens is 1770 g/mol. The Hall–Kier alpha value is -16.0. The Morgan fingerprint density at radius 2 is 0.850 bits per heavy atom. The summed E-state index contributed by atoms with van der Waals surface area (Å²) in [6.45, 7) is 16.7. The Bertz CT molecular complexity index is 7490.